The molecule has 0 unspecified atom stereocenters. The highest BCUT2D eigenvalue weighted by molar-refractivity contribution is 8.00. The number of anilines is 1. The van der Waals surface area contributed by atoms with E-state index < -0.39 is 5.25 Å². The number of aromatic nitrogens is 2. The largest absolute Gasteiger partial charge is 0.325 e. The van der Waals surface area contributed by atoms with Crippen LogP contribution < -0.4 is 10.9 Å². The Labute approximate surface area is 149 Å². The zero-order valence-electron chi connectivity index (χ0n) is 13.5. The Morgan fingerprint density at radius 1 is 1.42 bits per heavy atom. The van der Waals surface area contributed by atoms with Crippen molar-refractivity contribution >= 4 is 35.0 Å². The first-order valence-electron chi connectivity index (χ1n) is 7.80. The normalized spacial score (nSPS) is 14.3. The minimum absolute atomic E-state index is 0.0849. The first-order valence-corrected chi connectivity index (χ1v) is 9.06. The number of aromatic amines is 1. The molecule has 24 heavy (non-hydrogen) atoms. The van der Waals surface area contributed by atoms with Crippen molar-refractivity contribution in [3.8, 4) is 0 Å². The monoisotopic (exact) mass is 363 g/mol. The summed E-state index contributed by atoms with van der Waals surface area (Å²) in [6.45, 7) is 3.64. The summed E-state index contributed by atoms with van der Waals surface area (Å²) in [7, 11) is 0. The van der Waals surface area contributed by atoms with Gasteiger partial charge in [0.1, 0.15) is 0 Å². The molecule has 0 saturated carbocycles. The van der Waals surface area contributed by atoms with E-state index in [1.807, 2.05) is 13.0 Å². The van der Waals surface area contributed by atoms with E-state index in [4.69, 9.17) is 11.6 Å². The Bertz CT molecular complexity index is 850. The van der Waals surface area contributed by atoms with Crippen molar-refractivity contribution < 1.29 is 4.79 Å². The van der Waals surface area contributed by atoms with Gasteiger partial charge in [-0.15, -0.1) is 0 Å². The average Bonchev–Trinajstić information content (AvgIpc) is 3.00. The van der Waals surface area contributed by atoms with E-state index in [-0.39, 0.29) is 11.5 Å². The number of carbonyl (C=O) groups excluding carboxylic acids is 1. The van der Waals surface area contributed by atoms with Crippen LogP contribution in [0.25, 0.3) is 0 Å². The number of aryl methyl sites for hydroxylation is 1. The molecule has 0 aliphatic heterocycles. The molecule has 0 spiro atoms. The summed E-state index contributed by atoms with van der Waals surface area (Å²) in [5.41, 5.74) is 3.08. The van der Waals surface area contributed by atoms with E-state index in [9.17, 15) is 9.59 Å². The SMILES string of the molecule is Cc1c(Cl)cccc1NC(=O)[C@@H](C)Sc1nc2c(c(=O)[nH]1)CCC2. The summed E-state index contributed by atoms with van der Waals surface area (Å²) < 4.78 is 0. The first-order chi connectivity index (χ1) is 11.5. The summed E-state index contributed by atoms with van der Waals surface area (Å²) >= 11 is 7.32. The van der Waals surface area contributed by atoms with Crippen molar-refractivity contribution in [1.29, 1.82) is 0 Å². The highest BCUT2D eigenvalue weighted by Crippen LogP contribution is 2.26. The van der Waals surface area contributed by atoms with Crippen LogP contribution in [0.15, 0.2) is 28.2 Å². The molecule has 5 nitrogen and oxygen atoms in total. The second-order valence-corrected chi connectivity index (χ2v) is 7.55. The van der Waals surface area contributed by atoms with Gasteiger partial charge in [-0.25, -0.2) is 4.98 Å². The van der Waals surface area contributed by atoms with Crippen LogP contribution in [-0.4, -0.2) is 21.1 Å². The van der Waals surface area contributed by atoms with Crippen molar-refractivity contribution in [2.45, 2.75) is 43.5 Å². The van der Waals surface area contributed by atoms with Crippen LogP contribution in [-0.2, 0) is 17.6 Å². The van der Waals surface area contributed by atoms with Gasteiger partial charge in [0.05, 0.1) is 10.9 Å². The molecule has 7 heteroatoms. The van der Waals surface area contributed by atoms with Gasteiger partial charge < -0.3 is 10.3 Å². The van der Waals surface area contributed by atoms with Crippen LogP contribution >= 0.6 is 23.4 Å². The second kappa shape index (κ2) is 6.99. The lowest BCUT2D eigenvalue weighted by Crippen LogP contribution is -2.24. The van der Waals surface area contributed by atoms with E-state index in [1.165, 1.54) is 11.8 Å². The molecule has 0 bridgehead atoms. The third kappa shape index (κ3) is 3.49. The molecule has 0 saturated heterocycles. The van der Waals surface area contributed by atoms with Crippen LogP contribution in [0.2, 0.25) is 5.02 Å². The average molecular weight is 364 g/mol. The van der Waals surface area contributed by atoms with Crippen molar-refractivity contribution in [3.63, 3.8) is 0 Å². The van der Waals surface area contributed by atoms with E-state index in [1.54, 1.807) is 19.1 Å². The van der Waals surface area contributed by atoms with Crippen molar-refractivity contribution in [2.24, 2.45) is 0 Å². The van der Waals surface area contributed by atoms with Crippen LogP contribution in [0, 0.1) is 6.92 Å². The molecule has 2 aromatic rings. The van der Waals surface area contributed by atoms with Gasteiger partial charge in [0.25, 0.3) is 5.56 Å². The molecule has 126 valence electrons. The molecular weight excluding hydrogens is 346 g/mol. The van der Waals surface area contributed by atoms with Crippen LogP contribution in [0.3, 0.4) is 0 Å². The van der Waals surface area contributed by atoms with Gasteiger partial charge in [-0.3, -0.25) is 9.59 Å². The molecular formula is C17H18ClN3O2S. The Kier molecular flexibility index (Phi) is 4.96. The van der Waals surface area contributed by atoms with Gasteiger partial charge in [-0.2, -0.15) is 0 Å². The maximum absolute atomic E-state index is 12.4. The van der Waals surface area contributed by atoms with Gasteiger partial charge in [0.15, 0.2) is 5.16 Å². The van der Waals surface area contributed by atoms with Crippen LogP contribution in [0.5, 0.6) is 0 Å². The van der Waals surface area contributed by atoms with Gasteiger partial charge in [-0.05, 0) is 50.8 Å². The number of fused-ring (bicyclic) bond motifs is 1. The van der Waals surface area contributed by atoms with Crippen LogP contribution in [0.1, 0.15) is 30.2 Å². The first kappa shape index (κ1) is 17.0. The van der Waals surface area contributed by atoms with Gasteiger partial charge in [-0.1, -0.05) is 29.4 Å². The van der Waals surface area contributed by atoms with E-state index in [0.29, 0.717) is 15.9 Å². The lowest BCUT2D eigenvalue weighted by atomic mass is 10.2. The summed E-state index contributed by atoms with van der Waals surface area (Å²) in [4.78, 5) is 31.7. The highest BCUT2D eigenvalue weighted by atomic mass is 35.5. The Morgan fingerprint density at radius 3 is 3.00 bits per heavy atom. The molecule has 1 atom stereocenters. The Balaban J connectivity index is 1.72. The lowest BCUT2D eigenvalue weighted by Gasteiger charge is -2.14. The van der Waals surface area contributed by atoms with Crippen molar-refractivity contribution in [1.82, 2.24) is 9.97 Å². The number of amides is 1. The number of nitrogens with zero attached hydrogens (tertiary/aromatic N) is 1. The van der Waals surface area contributed by atoms with E-state index in [2.05, 4.69) is 15.3 Å². The zero-order chi connectivity index (χ0) is 17.3. The van der Waals surface area contributed by atoms with E-state index in [0.717, 1.165) is 36.1 Å². The molecule has 1 aromatic carbocycles. The molecule has 0 radical (unpaired) electrons. The molecule has 1 amide bonds. The third-order valence-corrected chi connectivity index (χ3v) is 5.50. The summed E-state index contributed by atoms with van der Waals surface area (Å²) in [5, 5.41) is 3.58. The quantitative estimate of drug-likeness (QED) is 0.645. The zero-order valence-corrected chi connectivity index (χ0v) is 15.1. The fraction of sp³-hybridized carbons (Fsp3) is 0.353. The predicted octanol–water partition coefficient (Wildman–Crippen LogP) is 3.34. The predicted molar refractivity (Wildman–Crippen MR) is 97.0 cm³/mol. The second-order valence-electron chi connectivity index (χ2n) is 5.81. The number of hydrogen-bond acceptors (Lipinski definition) is 4. The maximum atomic E-state index is 12.4. The fourth-order valence-corrected chi connectivity index (χ4v) is 3.66. The smallest absolute Gasteiger partial charge is 0.254 e. The summed E-state index contributed by atoms with van der Waals surface area (Å²) in [6, 6.07) is 5.39. The lowest BCUT2D eigenvalue weighted by molar-refractivity contribution is -0.115. The Morgan fingerprint density at radius 2 is 2.21 bits per heavy atom. The summed E-state index contributed by atoms with van der Waals surface area (Å²) in [5.74, 6) is -0.159. The minimum atomic E-state index is -0.397. The molecule has 0 fully saturated rings. The van der Waals surface area contributed by atoms with Gasteiger partial charge in [0.2, 0.25) is 5.91 Å². The number of carbonyl (C=O) groups is 1. The number of halogens is 1. The fourth-order valence-electron chi connectivity index (χ4n) is 2.67. The molecule has 3 rings (SSSR count). The van der Waals surface area contributed by atoms with Gasteiger partial charge in [0, 0.05) is 16.3 Å². The highest BCUT2D eigenvalue weighted by Gasteiger charge is 2.21. The Hall–Kier alpha value is -1.79. The van der Waals surface area contributed by atoms with Crippen LogP contribution in [0.4, 0.5) is 5.69 Å². The maximum Gasteiger partial charge on any atom is 0.254 e. The number of thioether (sulfide) groups is 1. The molecule has 1 aliphatic carbocycles. The molecule has 2 N–H and O–H groups in total. The summed E-state index contributed by atoms with van der Waals surface area (Å²) in [6.07, 6.45) is 2.57. The van der Waals surface area contributed by atoms with Crippen molar-refractivity contribution in [3.05, 3.63) is 50.4 Å². The number of H-pyrrole nitrogens is 1. The van der Waals surface area contributed by atoms with E-state index >= 15 is 0 Å². The number of nitrogens with one attached hydrogen (secondary N) is 2. The van der Waals surface area contributed by atoms with Gasteiger partial charge >= 0.3 is 0 Å². The molecule has 1 aromatic heterocycles. The minimum Gasteiger partial charge on any atom is -0.325 e. The topological polar surface area (TPSA) is 74.8 Å². The number of hydrogen-bond donors (Lipinski definition) is 2. The third-order valence-electron chi connectivity index (χ3n) is 4.10. The number of rotatable bonds is 4. The molecule has 1 aliphatic rings. The van der Waals surface area contributed by atoms with Crippen molar-refractivity contribution in [2.75, 3.05) is 5.32 Å². The molecule has 1 heterocycles. The standard InChI is InChI=1S/C17H18ClN3O2S/c1-9-12(18)6-4-7-13(9)19-15(22)10(2)24-17-20-14-8-3-5-11(14)16(23)21-17/h4,6-7,10H,3,5,8H2,1-2H3,(H,19,22)(H,20,21,23)/t10-/m1/s1. The number of benzene rings is 1.